The smallest absolute Gasteiger partial charge is 0.0740 e. The normalized spacial score (nSPS) is 10.8. The fourth-order valence-electron chi connectivity index (χ4n) is 1.88. The van der Waals surface area contributed by atoms with E-state index < -0.39 is 0 Å². The van der Waals surface area contributed by atoms with E-state index in [2.05, 4.69) is 17.0 Å². The van der Waals surface area contributed by atoms with E-state index in [1.807, 2.05) is 30.9 Å². The molecule has 2 N–H and O–H groups in total. The van der Waals surface area contributed by atoms with Crippen molar-refractivity contribution in [1.82, 2.24) is 14.8 Å². The molecule has 0 bridgehead atoms. The Bertz CT molecular complexity index is 528. The topological polar surface area (TPSA) is 56.7 Å². The number of aromatic nitrogens is 3. The summed E-state index contributed by atoms with van der Waals surface area (Å²) in [6.07, 6.45) is 5.79. The van der Waals surface area contributed by atoms with Crippen molar-refractivity contribution in [2.45, 2.75) is 26.7 Å². The van der Waals surface area contributed by atoms with Gasteiger partial charge in [-0.3, -0.25) is 9.67 Å². The molecular weight excluding hydrogens is 212 g/mol. The molecule has 17 heavy (non-hydrogen) atoms. The summed E-state index contributed by atoms with van der Waals surface area (Å²) >= 11 is 0. The molecule has 2 aromatic rings. The van der Waals surface area contributed by atoms with E-state index >= 15 is 0 Å². The lowest BCUT2D eigenvalue weighted by atomic mass is 10.1. The highest BCUT2D eigenvalue weighted by Gasteiger charge is 2.11. The van der Waals surface area contributed by atoms with Crippen molar-refractivity contribution < 1.29 is 0 Å². The Labute approximate surface area is 101 Å². The van der Waals surface area contributed by atoms with Crippen LogP contribution in [0.2, 0.25) is 0 Å². The third kappa shape index (κ3) is 2.30. The Morgan fingerprint density at radius 2 is 2.18 bits per heavy atom. The van der Waals surface area contributed by atoms with Crippen molar-refractivity contribution in [1.29, 1.82) is 0 Å². The summed E-state index contributed by atoms with van der Waals surface area (Å²) < 4.78 is 1.84. The molecule has 0 spiro atoms. The molecule has 0 saturated carbocycles. The number of pyridine rings is 1. The van der Waals surface area contributed by atoms with Gasteiger partial charge in [0.25, 0.3) is 0 Å². The van der Waals surface area contributed by atoms with Crippen molar-refractivity contribution in [2.24, 2.45) is 7.05 Å². The van der Waals surface area contributed by atoms with Gasteiger partial charge in [-0.15, -0.1) is 0 Å². The zero-order valence-corrected chi connectivity index (χ0v) is 10.6. The number of anilines is 1. The van der Waals surface area contributed by atoms with Crippen LogP contribution < -0.4 is 5.73 Å². The van der Waals surface area contributed by atoms with Gasteiger partial charge in [-0.05, 0) is 25.0 Å². The molecule has 0 aliphatic carbocycles. The molecule has 0 saturated heterocycles. The summed E-state index contributed by atoms with van der Waals surface area (Å²) in [6, 6.07) is 2.02. The Kier molecular flexibility index (Phi) is 3.13. The van der Waals surface area contributed by atoms with Gasteiger partial charge in [0.1, 0.15) is 0 Å². The molecule has 2 aromatic heterocycles. The van der Waals surface area contributed by atoms with Gasteiger partial charge in [-0.1, -0.05) is 13.3 Å². The number of hydrogen-bond donors (Lipinski definition) is 1. The van der Waals surface area contributed by atoms with E-state index in [9.17, 15) is 0 Å². The average molecular weight is 230 g/mol. The molecule has 2 rings (SSSR count). The molecule has 0 aliphatic rings. The second kappa shape index (κ2) is 4.57. The highest BCUT2D eigenvalue weighted by Crippen LogP contribution is 2.24. The van der Waals surface area contributed by atoms with Crippen LogP contribution in [0.3, 0.4) is 0 Å². The third-order valence-electron chi connectivity index (χ3n) is 2.82. The maximum Gasteiger partial charge on any atom is 0.0740 e. The standard InChI is InChI=1S/C13H18N4/c1-4-5-12-10(8-17(3)16-12)13-6-9(2)11(14)7-15-13/h6-8H,4-5,14H2,1-3H3. The lowest BCUT2D eigenvalue weighted by Crippen LogP contribution is -1.94. The minimum Gasteiger partial charge on any atom is -0.397 e. The number of nitrogens with zero attached hydrogens (tertiary/aromatic N) is 3. The van der Waals surface area contributed by atoms with Crippen molar-refractivity contribution >= 4 is 5.69 Å². The quantitative estimate of drug-likeness (QED) is 0.880. The molecule has 0 fully saturated rings. The molecular formula is C13H18N4. The summed E-state index contributed by atoms with van der Waals surface area (Å²) in [5, 5.41) is 4.47. The lowest BCUT2D eigenvalue weighted by molar-refractivity contribution is 0.733. The number of nitrogen functional groups attached to an aromatic ring is 1. The zero-order valence-electron chi connectivity index (χ0n) is 10.6. The number of hydrogen-bond acceptors (Lipinski definition) is 3. The first-order chi connectivity index (χ1) is 8.11. The Morgan fingerprint density at radius 1 is 1.41 bits per heavy atom. The van der Waals surface area contributed by atoms with Gasteiger partial charge in [0.05, 0.1) is 23.3 Å². The Hall–Kier alpha value is -1.84. The largest absolute Gasteiger partial charge is 0.397 e. The van der Waals surface area contributed by atoms with Crippen LogP contribution in [-0.2, 0) is 13.5 Å². The van der Waals surface area contributed by atoms with Crippen LogP contribution in [0.15, 0.2) is 18.5 Å². The van der Waals surface area contributed by atoms with Gasteiger partial charge in [0.15, 0.2) is 0 Å². The molecule has 4 heteroatoms. The van der Waals surface area contributed by atoms with Crippen LogP contribution in [-0.4, -0.2) is 14.8 Å². The van der Waals surface area contributed by atoms with Crippen molar-refractivity contribution in [3.63, 3.8) is 0 Å². The maximum atomic E-state index is 5.79. The summed E-state index contributed by atoms with van der Waals surface area (Å²) in [5.41, 5.74) is 10.7. The van der Waals surface area contributed by atoms with Crippen molar-refractivity contribution in [3.8, 4) is 11.3 Å². The van der Waals surface area contributed by atoms with E-state index in [1.165, 1.54) is 0 Å². The molecule has 0 aromatic carbocycles. The highest BCUT2D eigenvalue weighted by atomic mass is 15.3. The first-order valence-electron chi connectivity index (χ1n) is 5.86. The first kappa shape index (κ1) is 11.6. The fourth-order valence-corrected chi connectivity index (χ4v) is 1.88. The lowest BCUT2D eigenvalue weighted by Gasteiger charge is -2.04. The third-order valence-corrected chi connectivity index (χ3v) is 2.82. The van der Waals surface area contributed by atoms with E-state index in [1.54, 1.807) is 6.20 Å². The molecule has 0 aliphatic heterocycles. The van der Waals surface area contributed by atoms with Gasteiger partial charge >= 0.3 is 0 Å². The average Bonchev–Trinajstić information content (AvgIpc) is 2.64. The van der Waals surface area contributed by atoms with Crippen molar-refractivity contribution in [3.05, 3.63) is 29.7 Å². The van der Waals surface area contributed by atoms with Gasteiger partial charge < -0.3 is 5.73 Å². The Balaban J connectivity index is 2.47. The predicted octanol–water partition coefficient (Wildman–Crippen LogP) is 2.33. The van der Waals surface area contributed by atoms with E-state index in [-0.39, 0.29) is 0 Å². The van der Waals surface area contributed by atoms with E-state index in [4.69, 9.17) is 5.73 Å². The molecule has 90 valence electrons. The van der Waals surface area contributed by atoms with Crippen LogP contribution in [0.4, 0.5) is 5.69 Å². The maximum absolute atomic E-state index is 5.79. The van der Waals surface area contributed by atoms with Crippen LogP contribution >= 0.6 is 0 Å². The fraction of sp³-hybridized carbons (Fsp3) is 0.385. The van der Waals surface area contributed by atoms with E-state index in [0.29, 0.717) is 0 Å². The minimum atomic E-state index is 0.731. The number of nitrogens with two attached hydrogens (primary N) is 1. The van der Waals surface area contributed by atoms with Gasteiger partial charge in [-0.2, -0.15) is 5.10 Å². The second-order valence-electron chi connectivity index (χ2n) is 4.34. The number of rotatable bonds is 3. The second-order valence-corrected chi connectivity index (χ2v) is 4.34. The van der Waals surface area contributed by atoms with Crippen LogP contribution in [0.5, 0.6) is 0 Å². The SMILES string of the molecule is CCCc1nn(C)cc1-c1cc(C)c(N)cn1. The predicted molar refractivity (Wildman–Crippen MR) is 69.6 cm³/mol. The first-order valence-corrected chi connectivity index (χ1v) is 5.86. The summed E-state index contributed by atoms with van der Waals surface area (Å²) in [4.78, 5) is 4.39. The molecule has 2 heterocycles. The molecule has 0 unspecified atom stereocenters. The van der Waals surface area contributed by atoms with E-state index in [0.717, 1.165) is 41.0 Å². The summed E-state index contributed by atoms with van der Waals surface area (Å²) in [5.74, 6) is 0. The van der Waals surface area contributed by atoms with Crippen LogP contribution in [0, 0.1) is 6.92 Å². The summed E-state index contributed by atoms with van der Waals surface area (Å²) in [6.45, 7) is 4.15. The van der Waals surface area contributed by atoms with Crippen molar-refractivity contribution in [2.75, 3.05) is 5.73 Å². The molecule has 0 amide bonds. The highest BCUT2D eigenvalue weighted by molar-refractivity contribution is 5.64. The molecule has 0 atom stereocenters. The Morgan fingerprint density at radius 3 is 2.82 bits per heavy atom. The molecule has 4 nitrogen and oxygen atoms in total. The summed E-state index contributed by atoms with van der Waals surface area (Å²) in [7, 11) is 1.94. The monoisotopic (exact) mass is 230 g/mol. The van der Waals surface area contributed by atoms with Gasteiger partial charge in [0.2, 0.25) is 0 Å². The number of aryl methyl sites for hydroxylation is 3. The van der Waals surface area contributed by atoms with Crippen LogP contribution in [0.1, 0.15) is 24.6 Å². The van der Waals surface area contributed by atoms with Gasteiger partial charge in [-0.25, -0.2) is 0 Å². The molecule has 0 radical (unpaired) electrons. The minimum absolute atomic E-state index is 0.731. The van der Waals surface area contributed by atoms with Gasteiger partial charge in [0, 0.05) is 18.8 Å². The zero-order chi connectivity index (χ0) is 12.4. The van der Waals surface area contributed by atoms with Crippen LogP contribution in [0.25, 0.3) is 11.3 Å².